The van der Waals surface area contributed by atoms with E-state index in [0.29, 0.717) is 44.6 Å². The van der Waals surface area contributed by atoms with Gasteiger partial charge in [0.2, 0.25) is 5.91 Å². The molecule has 2 aromatic heterocycles. The number of nitrogens with zero attached hydrogens (tertiary/aromatic N) is 5. The number of aromatic nitrogens is 3. The third-order valence-electron chi connectivity index (χ3n) is 6.49. The van der Waals surface area contributed by atoms with Crippen LogP contribution in [0, 0.1) is 12.7 Å². The number of nitrogens with one attached hydrogen (secondary N) is 1. The SMILES string of the molecule is Cc1cc2n(n1)C1(CCN(C(=O)Nc3ccc(F)cc3)CC1)CC(=O)N2Cc1ccncc1. The molecule has 9 heteroatoms. The molecule has 2 aliphatic rings. The zero-order valence-corrected chi connectivity index (χ0v) is 18.4. The van der Waals surface area contributed by atoms with Crippen molar-refractivity contribution in [3.63, 3.8) is 0 Å². The monoisotopic (exact) mass is 448 g/mol. The Morgan fingerprint density at radius 3 is 2.52 bits per heavy atom. The van der Waals surface area contributed by atoms with E-state index in [-0.39, 0.29) is 17.8 Å². The lowest BCUT2D eigenvalue weighted by Crippen LogP contribution is -2.55. The number of amides is 3. The molecule has 2 aliphatic heterocycles. The number of rotatable bonds is 3. The topological polar surface area (TPSA) is 83.4 Å². The average Bonchev–Trinajstić information content (AvgIpc) is 3.22. The van der Waals surface area contributed by atoms with E-state index in [0.717, 1.165) is 17.1 Å². The van der Waals surface area contributed by atoms with Gasteiger partial charge in [-0.05, 0) is 61.7 Å². The summed E-state index contributed by atoms with van der Waals surface area (Å²) in [7, 11) is 0. The molecular formula is C24H25FN6O2. The second-order valence-corrected chi connectivity index (χ2v) is 8.72. The first-order chi connectivity index (χ1) is 15.9. The van der Waals surface area contributed by atoms with Crippen LogP contribution in [0.25, 0.3) is 0 Å². The van der Waals surface area contributed by atoms with Crippen molar-refractivity contribution in [2.24, 2.45) is 0 Å². The highest BCUT2D eigenvalue weighted by Crippen LogP contribution is 2.42. The van der Waals surface area contributed by atoms with Crippen LogP contribution in [0.5, 0.6) is 0 Å². The summed E-state index contributed by atoms with van der Waals surface area (Å²) < 4.78 is 15.1. The summed E-state index contributed by atoms with van der Waals surface area (Å²) in [5.74, 6) is 0.506. The number of halogens is 1. The van der Waals surface area contributed by atoms with Gasteiger partial charge in [0.1, 0.15) is 11.6 Å². The minimum absolute atomic E-state index is 0.0587. The minimum atomic E-state index is -0.442. The lowest BCUT2D eigenvalue weighted by Gasteiger charge is -2.46. The first kappa shape index (κ1) is 21.1. The largest absolute Gasteiger partial charge is 0.324 e. The lowest BCUT2D eigenvalue weighted by molar-refractivity contribution is -0.123. The summed E-state index contributed by atoms with van der Waals surface area (Å²) in [6.45, 7) is 3.40. The number of urea groups is 1. The maximum Gasteiger partial charge on any atom is 0.321 e. The third kappa shape index (κ3) is 4.06. The van der Waals surface area contributed by atoms with Crippen molar-refractivity contribution in [1.29, 1.82) is 0 Å². The normalized spacial score (nSPS) is 17.2. The van der Waals surface area contributed by atoms with Crippen molar-refractivity contribution in [1.82, 2.24) is 19.7 Å². The van der Waals surface area contributed by atoms with Crippen molar-refractivity contribution >= 4 is 23.4 Å². The van der Waals surface area contributed by atoms with E-state index in [2.05, 4.69) is 10.3 Å². The van der Waals surface area contributed by atoms with Crippen LogP contribution in [-0.2, 0) is 16.9 Å². The highest BCUT2D eigenvalue weighted by atomic mass is 19.1. The van der Waals surface area contributed by atoms with Crippen LogP contribution in [0.2, 0.25) is 0 Å². The summed E-state index contributed by atoms with van der Waals surface area (Å²) in [6, 6.07) is 11.2. The summed E-state index contributed by atoms with van der Waals surface area (Å²) in [4.78, 5) is 33.6. The van der Waals surface area contributed by atoms with Crippen LogP contribution in [-0.4, -0.2) is 44.7 Å². The van der Waals surface area contributed by atoms with Crippen molar-refractivity contribution in [2.45, 2.75) is 38.3 Å². The second-order valence-electron chi connectivity index (χ2n) is 8.72. The third-order valence-corrected chi connectivity index (χ3v) is 6.49. The van der Waals surface area contributed by atoms with Gasteiger partial charge in [0.15, 0.2) is 0 Å². The predicted molar refractivity (Wildman–Crippen MR) is 121 cm³/mol. The Balaban J connectivity index is 1.33. The highest BCUT2D eigenvalue weighted by Gasteiger charge is 2.46. The summed E-state index contributed by atoms with van der Waals surface area (Å²) in [5, 5.41) is 7.57. The van der Waals surface area contributed by atoms with E-state index < -0.39 is 5.54 Å². The number of pyridine rings is 1. The van der Waals surface area contributed by atoms with Crippen LogP contribution in [0.15, 0.2) is 54.9 Å². The lowest BCUT2D eigenvalue weighted by atomic mass is 9.82. The van der Waals surface area contributed by atoms with E-state index >= 15 is 0 Å². The van der Waals surface area contributed by atoms with Gasteiger partial charge in [-0.1, -0.05) is 0 Å². The number of carbonyl (C=O) groups is 2. The Bertz CT molecular complexity index is 1170. The minimum Gasteiger partial charge on any atom is -0.324 e. The van der Waals surface area contributed by atoms with Gasteiger partial charge >= 0.3 is 6.03 Å². The van der Waals surface area contributed by atoms with Gasteiger partial charge in [0.05, 0.1) is 24.2 Å². The quantitative estimate of drug-likeness (QED) is 0.663. The number of benzene rings is 1. The van der Waals surface area contributed by atoms with E-state index in [1.54, 1.807) is 22.2 Å². The molecule has 1 aromatic carbocycles. The van der Waals surface area contributed by atoms with Gasteiger partial charge in [-0.3, -0.25) is 14.7 Å². The molecule has 0 bridgehead atoms. The van der Waals surface area contributed by atoms with Crippen molar-refractivity contribution < 1.29 is 14.0 Å². The van der Waals surface area contributed by atoms with E-state index in [4.69, 9.17) is 5.10 Å². The molecule has 3 amide bonds. The fourth-order valence-electron chi connectivity index (χ4n) is 4.70. The summed E-state index contributed by atoms with van der Waals surface area (Å²) in [6.07, 6.45) is 5.06. The first-order valence-corrected chi connectivity index (χ1v) is 11.0. The standard InChI is InChI=1S/C24H25FN6O2/c1-17-14-21-30(16-18-6-10-26-11-7-18)22(32)15-24(31(21)28-17)8-12-29(13-9-24)23(33)27-20-4-2-19(25)3-5-20/h2-7,10-11,14H,8-9,12-13,15-16H2,1H3,(H,27,33). The number of piperidine rings is 1. The van der Waals surface area contributed by atoms with Crippen LogP contribution in [0.4, 0.5) is 20.7 Å². The highest BCUT2D eigenvalue weighted by molar-refractivity contribution is 5.95. The van der Waals surface area contributed by atoms with Crippen molar-refractivity contribution in [3.8, 4) is 0 Å². The molecule has 0 unspecified atom stereocenters. The van der Waals surface area contributed by atoms with Gasteiger partial charge in [0.25, 0.3) is 0 Å². The smallest absolute Gasteiger partial charge is 0.321 e. The molecule has 1 N–H and O–H groups in total. The fourth-order valence-corrected chi connectivity index (χ4v) is 4.70. The Hall–Kier alpha value is -3.75. The molecule has 4 heterocycles. The van der Waals surface area contributed by atoms with Crippen molar-refractivity contribution in [2.75, 3.05) is 23.3 Å². The summed E-state index contributed by atoms with van der Waals surface area (Å²) >= 11 is 0. The maximum absolute atomic E-state index is 13.3. The number of hydrogen-bond acceptors (Lipinski definition) is 4. The van der Waals surface area contributed by atoms with E-state index in [9.17, 15) is 14.0 Å². The van der Waals surface area contributed by atoms with Gasteiger partial charge in [0, 0.05) is 37.2 Å². The Kier molecular flexibility index (Phi) is 5.32. The average molecular weight is 449 g/mol. The van der Waals surface area contributed by atoms with Gasteiger partial charge < -0.3 is 10.2 Å². The molecular weight excluding hydrogens is 423 g/mol. The second kappa shape index (κ2) is 8.31. The van der Waals surface area contributed by atoms with Gasteiger partial charge in [-0.25, -0.2) is 13.9 Å². The molecule has 0 aliphatic carbocycles. The molecule has 33 heavy (non-hydrogen) atoms. The van der Waals surface area contributed by atoms with Crippen LogP contribution < -0.4 is 10.2 Å². The van der Waals surface area contributed by atoms with Crippen LogP contribution in [0.1, 0.15) is 30.5 Å². The molecule has 1 saturated heterocycles. The van der Waals surface area contributed by atoms with E-state index in [1.165, 1.54) is 24.3 Å². The fraction of sp³-hybridized carbons (Fsp3) is 0.333. The van der Waals surface area contributed by atoms with Gasteiger partial charge in [-0.15, -0.1) is 0 Å². The number of likely N-dealkylation sites (tertiary alicyclic amines) is 1. The molecule has 0 saturated carbocycles. The zero-order valence-electron chi connectivity index (χ0n) is 18.4. The number of hydrogen-bond donors (Lipinski definition) is 1. The Morgan fingerprint density at radius 1 is 1.12 bits per heavy atom. The molecule has 5 rings (SSSR count). The van der Waals surface area contributed by atoms with E-state index in [1.807, 2.05) is 29.8 Å². The molecule has 0 atom stereocenters. The van der Waals surface area contributed by atoms with Crippen LogP contribution in [0.3, 0.4) is 0 Å². The Labute approximate surface area is 191 Å². The Morgan fingerprint density at radius 2 is 1.82 bits per heavy atom. The molecule has 0 radical (unpaired) electrons. The van der Waals surface area contributed by atoms with Crippen molar-refractivity contribution in [3.05, 3.63) is 71.9 Å². The summed E-state index contributed by atoms with van der Waals surface area (Å²) in [5.41, 5.74) is 1.97. The molecule has 1 fully saturated rings. The molecule has 170 valence electrons. The molecule has 8 nitrogen and oxygen atoms in total. The number of aryl methyl sites for hydroxylation is 1. The first-order valence-electron chi connectivity index (χ1n) is 11.0. The predicted octanol–water partition coefficient (Wildman–Crippen LogP) is 3.69. The van der Waals surface area contributed by atoms with Crippen LogP contribution >= 0.6 is 0 Å². The number of fused-ring (bicyclic) bond motifs is 2. The number of carbonyl (C=O) groups excluding carboxylic acids is 2. The molecule has 1 spiro atoms. The molecule has 3 aromatic rings. The zero-order chi connectivity index (χ0) is 23.0. The van der Waals surface area contributed by atoms with Gasteiger partial charge in [-0.2, -0.15) is 5.10 Å². The maximum atomic E-state index is 13.3. The number of anilines is 2.